The highest BCUT2D eigenvalue weighted by molar-refractivity contribution is 5.97. The maximum atomic E-state index is 12.7. The van der Waals surface area contributed by atoms with Gasteiger partial charge in [-0.05, 0) is 24.3 Å². The molecule has 3 aromatic rings. The third-order valence-corrected chi connectivity index (χ3v) is 4.96. The van der Waals surface area contributed by atoms with Crippen LogP contribution in [-0.4, -0.2) is 52.7 Å². The summed E-state index contributed by atoms with van der Waals surface area (Å²) in [7, 11) is 0. The molecule has 0 bridgehead atoms. The van der Waals surface area contributed by atoms with Gasteiger partial charge in [-0.15, -0.1) is 0 Å². The summed E-state index contributed by atoms with van der Waals surface area (Å²) in [6.45, 7) is 1.34. The van der Waals surface area contributed by atoms with Crippen molar-refractivity contribution in [3.63, 3.8) is 0 Å². The third-order valence-electron chi connectivity index (χ3n) is 4.96. The second-order valence-corrected chi connectivity index (χ2v) is 6.76. The van der Waals surface area contributed by atoms with Crippen molar-refractivity contribution < 1.29 is 18.9 Å². The lowest BCUT2D eigenvalue weighted by atomic mass is 10.1. The van der Waals surface area contributed by atoms with Gasteiger partial charge in [0.25, 0.3) is 17.5 Å². The lowest BCUT2D eigenvalue weighted by Crippen LogP contribution is -2.50. The number of hydrogen-bond donors (Lipinski definition) is 1. The molecule has 148 valence electrons. The molecule has 2 N–H and O–H groups in total. The minimum atomic E-state index is -0.615. The number of piperazine rings is 1. The molecule has 1 aromatic heterocycles. The summed E-state index contributed by atoms with van der Waals surface area (Å²) in [5.74, 6) is -0.291. The lowest BCUT2D eigenvalue weighted by molar-refractivity contribution is -0.383. The van der Waals surface area contributed by atoms with E-state index in [0.29, 0.717) is 31.8 Å². The molecule has 0 unspecified atom stereocenters. The number of benzene rings is 2. The first kappa shape index (κ1) is 18.5. The fourth-order valence-corrected chi connectivity index (χ4v) is 3.37. The molecule has 2 aromatic carbocycles. The Labute approximate surface area is 165 Å². The number of nitrogen functional groups attached to an aromatic ring is 1. The van der Waals surface area contributed by atoms with Gasteiger partial charge in [-0.2, -0.15) is 0 Å². The molecule has 0 spiro atoms. The SMILES string of the molecule is Nc1ccc(C(=O)N2CCN(C(=O)c3cc4ccccc4o3)CC2)cc1[N+](=O)[O-]. The normalized spacial score (nSPS) is 14.2. The van der Waals surface area contributed by atoms with E-state index in [1.807, 2.05) is 18.2 Å². The van der Waals surface area contributed by atoms with Crippen LogP contribution < -0.4 is 5.73 Å². The summed E-state index contributed by atoms with van der Waals surface area (Å²) in [4.78, 5) is 39.0. The number of fused-ring (bicyclic) bond motifs is 1. The van der Waals surface area contributed by atoms with Crippen LogP contribution in [0, 0.1) is 10.1 Å². The molecule has 9 nitrogen and oxygen atoms in total. The van der Waals surface area contributed by atoms with Crippen molar-refractivity contribution in [1.29, 1.82) is 0 Å². The Balaban J connectivity index is 1.43. The van der Waals surface area contributed by atoms with E-state index < -0.39 is 4.92 Å². The predicted octanol–water partition coefficient (Wildman–Crippen LogP) is 2.52. The Bertz CT molecular complexity index is 1080. The molecule has 1 saturated heterocycles. The second kappa shape index (κ2) is 7.27. The topological polar surface area (TPSA) is 123 Å². The van der Waals surface area contributed by atoms with E-state index in [4.69, 9.17) is 10.2 Å². The molecular formula is C20H18N4O5. The van der Waals surface area contributed by atoms with E-state index in [2.05, 4.69) is 0 Å². The Hall–Kier alpha value is -3.88. The lowest BCUT2D eigenvalue weighted by Gasteiger charge is -2.34. The van der Waals surface area contributed by atoms with Gasteiger partial charge in [0.1, 0.15) is 11.3 Å². The largest absolute Gasteiger partial charge is 0.451 e. The van der Waals surface area contributed by atoms with Crippen molar-refractivity contribution in [2.24, 2.45) is 0 Å². The van der Waals surface area contributed by atoms with Crippen LogP contribution in [0.4, 0.5) is 11.4 Å². The first-order chi connectivity index (χ1) is 13.9. The van der Waals surface area contributed by atoms with E-state index >= 15 is 0 Å². The first-order valence-corrected chi connectivity index (χ1v) is 9.05. The van der Waals surface area contributed by atoms with Gasteiger partial charge in [-0.3, -0.25) is 19.7 Å². The quantitative estimate of drug-likeness (QED) is 0.414. The number of hydrogen-bond acceptors (Lipinski definition) is 6. The van der Waals surface area contributed by atoms with E-state index in [1.165, 1.54) is 18.2 Å². The van der Waals surface area contributed by atoms with Crippen LogP contribution >= 0.6 is 0 Å². The average Bonchev–Trinajstić information content (AvgIpc) is 3.17. The number of carbonyl (C=O) groups is 2. The van der Waals surface area contributed by atoms with E-state index in [0.717, 1.165) is 5.39 Å². The van der Waals surface area contributed by atoms with Gasteiger partial charge in [0.05, 0.1) is 4.92 Å². The van der Waals surface area contributed by atoms with Gasteiger partial charge in [-0.1, -0.05) is 18.2 Å². The summed E-state index contributed by atoms with van der Waals surface area (Å²) in [5.41, 5.74) is 6.14. The molecule has 1 fully saturated rings. The number of rotatable bonds is 3. The minimum Gasteiger partial charge on any atom is -0.451 e. The fraction of sp³-hybridized carbons (Fsp3) is 0.200. The highest BCUT2D eigenvalue weighted by atomic mass is 16.6. The summed E-state index contributed by atoms with van der Waals surface area (Å²) in [6.07, 6.45) is 0. The monoisotopic (exact) mass is 394 g/mol. The van der Waals surface area contributed by atoms with Crippen LogP contribution in [0.25, 0.3) is 11.0 Å². The number of amides is 2. The van der Waals surface area contributed by atoms with Gasteiger partial charge in [-0.25, -0.2) is 0 Å². The molecule has 0 radical (unpaired) electrons. The Morgan fingerprint density at radius 1 is 0.966 bits per heavy atom. The molecule has 0 saturated carbocycles. The molecule has 0 atom stereocenters. The maximum absolute atomic E-state index is 12.7. The van der Waals surface area contributed by atoms with Gasteiger partial charge in [0.15, 0.2) is 5.76 Å². The van der Waals surface area contributed by atoms with Crippen LogP contribution in [0.15, 0.2) is 52.9 Å². The minimum absolute atomic E-state index is 0.00722. The van der Waals surface area contributed by atoms with Crippen LogP contribution in [0.1, 0.15) is 20.9 Å². The van der Waals surface area contributed by atoms with Crippen molar-refractivity contribution in [2.75, 3.05) is 31.9 Å². The molecule has 29 heavy (non-hydrogen) atoms. The number of furan rings is 1. The molecule has 2 heterocycles. The molecule has 1 aliphatic heterocycles. The van der Waals surface area contributed by atoms with Crippen LogP contribution in [0.3, 0.4) is 0 Å². The third kappa shape index (κ3) is 3.49. The second-order valence-electron chi connectivity index (χ2n) is 6.76. The first-order valence-electron chi connectivity index (χ1n) is 9.05. The fourth-order valence-electron chi connectivity index (χ4n) is 3.37. The number of nitro benzene ring substituents is 1. The molecule has 1 aliphatic rings. The maximum Gasteiger partial charge on any atom is 0.292 e. The molecule has 4 rings (SSSR count). The number of nitrogens with two attached hydrogens (primary N) is 1. The zero-order valence-electron chi connectivity index (χ0n) is 15.4. The summed E-state index contributed by atoms with van der Waals surface area (Å²) >= 11 is 0. The predicted molar refractivity (Wildman–Crippen MR) is 106 cm³/mol. The number of carbonyl (C=O) groups excluding carboxylic acids is 2. The van der Waals surface area contributed by atoms with Crippen molar-refractivity contribution in [2.45, 2.75) is 0 Å². The zero-order chi connectivity index (χ0) is 20.5. The van der Waals surface area contributed by atoms with Crippen molar-refractivity contribution in [3.05, 3.63) is 70.0 Å². The highest BCUT2D eigenvalue weighted by Crippen LogP contribution is 2.24. The van der Waals surface area contributed by atoms with E-state index in [1.54, 1.807) is 21.9 Å². The number of para-hydroxylation sites is 1. The van der Waals surface area contributed by atoms with E-state index in [-0.39, 0.29) is 34.5 Å². The smallest absolute Gasteiger partial charge is 0.292 e. The van der Waals surface area contributed by atoms with Gasteiger partial charge < -0.3 is 20.0 Å². The molecule has 0 aliphatic carbocycles. The Kier molecular flexibility index (Phi) is 4.63. The van der Waals surface area contributed by atoms with Crippen LogP contribution in [0.2, 0.25) is 0 Å². The molecule has 9 heteroatoms. The zero-order valence-corrected chi connectivity index (χ0v) is 15.4. The van der Waals surface area contributed by atoms with Gasteiger partial charge >= 0.3 is 0 Å². The summed E-state index contributed by atoms with van der Waals surface area (Å²) in [6, 6.07) is 13.1. The Morgan fingerprint density at radius 3 is 2.28 bits per heavy atom. The van der Waals surface area contributed by atoms with Crippen LogP contribution in [0.5, 0.6) is 0 Å². The van der Waals surface area contributed by atoms with Crippen molar-refractivity contribution in [1.82, 2.24) is 9.80 Å². The summed E-state index contributed by atoms with van der Waals surface area (Å²) < 4.78 is 5.63. The number of anilines is 1. The van der Waals surface area contributed by atoms with Crippen molar-refractivity contribution in [3.8, 4) is 0 Å². The summed E-state index contributed by atoms with van der Waals surface area (Å²) in [5, 5.41) is 11.9. The standard InChI is InChI=1S/C20H18N4O5/c21-15-6-5-14(11-16(15)24(27)28)19(25)22-7-9-23(10-8-22)20(26)18-12-13-3-1-2-4-17(13)29-18/h1-6,11-12H,7-10,21H2. The number of nitro groups is 1. The van der Waals surface area contributed by atoms with E-state index in [9.17, 15) is 19.7 Å². The van der Waals surface area contributed by atoms with Crippen molar-refractivity contribution >= 4 is 34.2 Å². The Morgan fingerprint density at radius 2 is 1.62 bits per heavy atom. The molecular weight excluding hydrogens is 376 g/mol. The number of nitrogens with zero attached hydrogens (tertiary/aromatic N) is 3. The van der Waals surface area contributed by atoms with Gasteiger partial charge in [0, 0.05) is 43.2 Å². The highest BCUT2D eigenvalue weighted by Gasteiger charge is 2.28. The average molecular weight is 394 g/mol. The molecule has 2 amide bonds. The van der Waals surface area contributed by atoms with Gasteiger partial charge in [0.2, 0.25) is 0 Å². The van der Waals surface area contributed by atoms with Crippen LogP contribution in [-0.2, 0) is 0 Å².